The Hall–Kier alpha value is -3.76. The molecule has 3 heterocycles. The summed E-state index contributed by atoms with van der Waals surface area (Å²) >= 11 is 0. The number of nitrogens with zero attached hydrogens (tertiary/aromatic N) is 2. The highest BCUT2D eigenvalue weighted by Gasteiger charge is 2.50. The minimum Gasteiger partial charge on any atom is -0.478 e. The fourth-order valence-electron chi connectivity index (χ4n) is 5.33. The number of anilines is 1. The van der Waals surface area contributed by atoms with E-state index in [0.29, 0.717) is 18.8 Å². The first-order chi connectivity index (χ1) is 18.3. The van der Waals surface area contributed by atoms with E-state index in [1.807, 2.05) is 30.3 Å². The third-order valence-electron chi connectivity index (χ3n) is 7.27. The van der Waals surface area contributed by atoms with Crippen LogP contribution in [0.25, 0.3) is 0 Å². The summed E-state index contributed by atoms with van der Waals surface area (Å²) in [5.41, 5.74) is 1.72. The lowest BCUT2D eigenvalue weighted by atomic mass is 9.85. The van der Waals surface area contributed by atoms with E-state index < -0.39 is 17.5 Å². The fourth-order valence-corrected chi connectivity index (χ4v) is 5.33. The number of carbonyl (C=O) groups is 3. The van der Waals surface area contributed by atoms with Gasteiger partial charge in [0.05, 0.1) is 18.9 Å². The van der Waals surface area contributed by atoms with E-state index in [-0.39, 0.29) is 23.9 Å². The number of nitrogens with one attached hydrogen (secondary N) is 1. The molecule has 3 aliphatic heterocycles. The van der Waals surface area contributed by atoms with Crippen LogP contribution in [0.15, 0.2) is 66.7 Å². The molecule has 1 spiro atoms. The molecule has 3 aliphatic rings. The normalized spacial score (nSPS) is 22.8. The van der Waals surface area contributed by atoms with Crippen molar-refractivity contribution < 1.29 is 33.7 Å². The Morgan fingerprint density at radius 1 is 1.00 bits per heavy atom. The lowest BCUT2D eigenvalue weighted by Gasteiger charge is -2.43. The first-order valence-corrected chi connectivity index (χ1v) is 12.6. The van der Waals surface area contributed by atoms with Gasteiger partial charge in [0, 0.05) is 37.5 Å². The fraction of sp³-hybridized carbons (Fsp3) is 0.393. The third-order valence-corrected chi connectivity index (χ3v) is 7.27. The minimum absolute atomic E-state index is 0.0564. The van der Waals surface area contributed by atoms with Crippen LogP contribution in [0.2, 0.25) is 0 Å². The molecule has 9 nitrogen and oxygen atoms in total. The van der Waals surface area contributed by atoms with Gasteiger partial charge < -0.3 is 30.1 Å². The van der Waals surface area contributed by atoms with Crippen LogP contribution < -0.4 is 10.2 Å². The van der Waals surface area contributed by atoms with Gasteiger partial charge in [-0.3, -0.25) is 4.79 Å². The summed E-state index contributed by atoms with van der Waals surface area (Å²) in [5, 5.41) is 18.7. The highest BCUT2D eigenvalue weighted by atomic mass is 19.1. The van der Waals surface area contributed by atoms with E-state index in [2.05, 4.69) is 27.2 Å². The number of rotatable bonds is 6. The standard InChI is InChI=1S/C24H28FN3O2.C4H4O4/c25-19-8-6-18(7-9-19)22-11-10-21(30-22)16-27-14-12-24(13-15-27)23(29)26-17-28(24)20-4-2-1-3-5-20;5-3(6)1-2-4(7)8/h1-9,21-22H,10-17H2,(H,26,29);1-2H,(H,5,6)(H,7,8)/b;2-1-. The number of piperidine rings is 1. The van der Waals surface area contributed by atoms with E-state index in [1.165, 1.54) is 12.1 Å². The summed E-state index contributed by atoms with van der Waals surface area (Å²) in [6.07, 6.45) is 4.99. The van der Waals surface area contributed by atoms with Gasteiger partial charge in [-0.2, -0.15) is 0 Å². The molecule has 1 amide bonds. The summed E-state index contributed by atoms with van der Waals surface area (Å²) in [4.78, 5) is 36.6. The maximum absolute atomic E-state index is 13.2. The monoisotopic (exact) mass is 525 g/mol. The highest BCUT2D eigenvalue weighted by molar-refractivity contribution is 5.93. The second kappa shape index (κ2) is 12.2. The Labute approximate surface area is 220 Å². The van der Waals surface area contributed by atoms with E-state index in [0.717, 1.165) is 56.6 Å². The van der Waals surface area contributed by atoms with Crippen molar-refractivity contribution in [2.45, 2.75) is 43.4 Å². The number of carboxylic acids is 2. The molecule has 38 heavy (non-hydrogen) atoms. The van der Waals surface area contributed by atoms with Crippen molar-refractivity contribution in [2.24, 2.45) is 0 Å². The highest BCUT2D eigenvalue weighted by Crippen LogP contribution is 2.37. The number of hydrogen-bond acceptors (Lipinski definition) is 6. The van der Waals surface area contributed by atoms with E-state index in [4.69, 9.17) is 14.9 Å². The van der Waals surface area contributed by atoms with Crippen LogP contribution >= 0.6 is 0 Å². The largest absolute Gasteiger partial charge is 0.478 e. The van der Waals surface area contributed by atoms with Gasteiger partial charge in [0.15, 0.2) is 0 Å². The van der Waals surface area contributed by atoms with Gasteiger partial charge in [0.2, 0.25) is 5.91 Å². The SMILES string of the molecule is O=C(O)/C=C\C(=O)O.O=C1NCN(c2ccccc2)C12CCN(CC1CCC(c3ccc(F)cc3)O1)CC2. The van der Waals surface area contributed by atoms with Crippen LogP contribution in [-0.4, -0.2) is 70.9 Å². The van der Waals surface area contributed by atoms with Crippen molar-refractivity contribution >= 4 is 23.5 Å². The number of carbonyl (C=O) groups excluding carboxylic acids is 1. The Kier molecular flexibility index (Phi) is 8.75. The quantitative estimate of drug-likeness (QED) is 0.492. The molecular formula is C28H32FN3O6. The maximum atomic E-state index is 13.2. The predicted octanol–water partition coefficient (Wildman–Crippen LogP) is 3.19. The molecule has 3 N–H and O–H groups in total. The Bertz CT molecular complexity index is 1130. The number of amides is 1. The van der Waals surface area contributed by atoms with Gasteiger partial charge in [0.25, 0.3) is 0 Å². The van der Waals surface area contributed by atoms with Crippen LogP contribution in [0.5, 0.6) is 0 Å². The van der Waals surface area contributed by atoms with Crippen LogP contribution in [0.4, 0.5) is 10.1 Å². The molecule has 2 aromatic rings. The first kappa shape index (κ1) is 27.3. The van der Waals surface area contributed by atoms with Gasteiger partial charge in [-0.15, -0.1) is 0 Å². The van der Waals surface area contributed by atoms with Gasteiger partial charge in [-0.25, -0.2) is 14.0 Å². The molecule has 0 radical (unpaired) electrons. The van der Waals surface area contributed by atoms with E-state index >= 15 is 0 Å². The van der Waals surface area contributed by atoms with Gasteiger partial charge in [-0.1, -0.05) is 30.3 Å². The van der Waals surface area contributed by atoms with Gasteiger partial charge >= 0.3 is 11.9 Å². The van der Waals surface area contributed by atoms with Crippen molar-refractivity contribution in [2.75, 3.05) is 31.2 Å². The summed E-state index contributed by atoms with van der Waals surface area (Å²) in [7, 11) is 0. The Balaban J connectivity index is 0.000000368. The first-order valence-electron chi connectivity index (χ1n) is 12.6. The Morgan fingerprint density at radius 2 is 1.63 bits per heavy atom. The summed E-state index contributed by atoms with van der Waals surface area (Å²) in [6.45, 7) is 3.24. The molecule has 3 fully saturated rings. The van der Waals surface area contributed by atoms with Crippen LogP contribution in [0.3, 0.4) is 0 Å². The molecule has 2 atom stereocenters. The summed E-state index contributed by atoms with van der Waals surface area (Å²) < 4.78 is 19.4. The summed E-state index contributed by atoms with van der Waals surface area (Å²) in [6, 6.07) is 16.9. The summed E-state index contributed by atoms with van der Waals surface area (Å²) in [5.74, 6) is -2.57. The zero-order valence-electron chi connectivity index (χ0n) is 21.0. The van der Waals surface area contributed by atoms with E-state index in [1.54, 1.807) is 0 Å². The van der Waals surface area contributed by atoms with Crippen molar-refractivity contribution in [1.29, 1.82) is 0 Å². The lowest BCUT2D eigenvalue weighted by molar-refractivity contribution is -0.134. The number of para-hydroxylation sites is 1. The van der Waals surface area contributed by atoms with E-state index in [9.17, 15) is 18.8 Å². The molecule has 0 bridgehead atoms. The number of likely N-dealkylation sites (tertiary alicyclic amines) is 1. The molecule has 2 unspecified atom stereocenters. The number of hydrogen-bond donors (Lipinski definition) is 3. The van der Waals surface area contributed by atoms with Crippen LogP contribution in [0.1, 0.15) is 37.4 Å². The molecule has 2 aromatic carbocycles. The molecule has 0 aliphatic carbocycles. The molecular weight excluding hydrogens is 493 g/mol. The number of halogens is 1. The number of carboxylic acid groups (broad SMARTS) is 2. The molecule has 0 saturated carbocycles. The lowest BCUT2D eigenvalue weighted by Crippen LogP contribution is -2.57. The van der Waals surface area contributed by atoms with Crippen LogP contribution in [0, 0.1) is 5.82 Å². The molecule has 10 heteroatoms. The molecule has 3 saturated heterocycles. The zero-order chi connectivity index (χ0) is 27.1. The number of ether oxygens (including phenoxy) is 1. The van der Waals surface area contributed by atoms with Gasteiger partial charge in [-0.05, 0) is 55.5 Å². The number of benzene rings is 2. The second-order valence-corrected chi connectivity index (χ2v) is 9.65. The maximum Gasteiger partial charge on any atom is 0.328 e. The predicted molar refractivity (Wildman–Crippen MR) is 138 cm³/mol. The molecule has 202 valence electrons. The molecule has 5 rings (SSSR count). The average molecular weight is 526 g/mol. The smallest absolute Gasteiger partial charge is 0.328 e. The van der Waals surface area contributed by atoms with Gasteiger partial charge in [0.1, 0.15) is 11.4 Å². The van der Waals surface area contributed by atoms with Crippen molar-refractivity contribution in [3.63, 3.8) is 0 Å². The topological polar surface area (TPSA) is 119 Å². The van der Waals surface area contributed by atoms with Crippen molar-refractivity contribution in [3.8, 4) is 0 Å². The second-order valence-electron chi connectivity index (χ2n) is 9.65. The van der Waals surface area contributed by atoms with Crippen LogP contribution in [-0.2, 0) is 19.1 Å². The van der Waals surface area contributed by atoms with Crippen molar-refractivity contribution in [3.05, 3.63) is 78.1 Å². The minimum atomic E-state index is -1.26. The van der Waals surface area contributed by atoms with Crippen molar-refractivity contribution in [1.82, 2.24) is 10.2 Å². The third kappa shape index (κ3) is 6.56. The number of aliphatic carboxylic acids is 2. The Morgan fingerprint density at radius 3 is 2.24 bits per heavy atom. The molecule has 0 aromatic heterocycles. The zero-order valence-corrected chi connectivity index (χ0v) is 21.0. The average Bonchev–Trinajstić information content (AvgIpc) is 3.50.